The van der Waals surface area contributed by atoms with Crippen molar-refractivity contribution >= 4 is 0 Å². The lowest BCUT2D eigenvalue weighted by Gasteiger charge is -2.16. The molecular formula is C39H81N. The summed E-state index contributed by atoms with van der Waals surface area (Å²) in [5.74, 6) is 0. The fourth-order valence-electron chi connectivity index (χ4n) is 6.32. The number of nitrogens with zero attached hydrogens (tertiary/aromatic N) is 1. The van der Waals surface area contributed by atoms with Gasteiger partial charge in [0, 0.05) is 0 Å². The van der Waals surface area contributed by atoms with E-state index >= 15 is 0 Å². The van der Waals surface area contributed by atoms with Gasteiger partial charge in [0.05, 0.1) is 0 Å². The Bertz CT molecular complexity index is 381. The van der Waals surface area contributed by atoms with Gasteiger partial charge in [-0.15, -0.1) is 0 Å². The van der Waals surface area contributed by atoms with Gasteiger partial charge in [-0.25, -0.2) is 0 Å². The topological polar surface area (TPSA) is 3.24 Å². The van der Waals surface area contributed by atoms with Crippen LogP contribution in [0.15, 0.2) is 0 Å². The first-order valence-corrected chi connectivity index (χ1v) is 19.5. The molecule has 0 saturated heterocycles. The van der Waals surface area contributed by atoms with Crippen molar-refractivity contribution in [2.45, 2.75) is 232 Å². The quantitative estimate of drug-likeness (QED) is 0.0685. The molecule has 0 aromatic rings. The molecule has 0 aliphatic rings. The second kappa shape index (κ2) is 37.0. The molecule has 40 heavy (non-hydrogen) atoms. The number of hydrogen-bond acceptors (Lipinski definition) is 1. The molecule has 0 aromatic heterocycles. The number of hydrogen-bond donors (Lipinski definition) is 0. The van der Waals surface area contributed by atoms with Crippen molar-refractivity contribution in [1.82, 2.24) is 4.90 Å². The molecule has 1 nitrogen and oxygen atoms in total. The van der Waals surface area contributed by atoms with E-state index in [1.807, 2.05) is 0 Å². The minimum atomic E-state index is 1.32. The molecule has 0 saturated carbocycles. The molecule has 0 rings (SSSR count). The average Bonchev–Trinajstić information content (AvgIpc) is 2.96. The van der Waals surface area contributed by atoms with Gasteiger partial charge in [-0.1, -0.05) is 219 Å². The van der Waals surface area contributed by atoms with E-state index in [-0.39, 0.29) is 0 Å². The van der Waals surface area contributed by atoms with Gasteiger partial charge in [0.25, 0.3) is 0 Å². The highest BCUT2D eigenvalue weighted by molar-refractivity contribution is 4.56. The van der Waals surface area contributed by atoms with Crippen molar-refractivity contribution in [2.24, 2.45) is 0 Å². The Balaban J connectivity index is 3.13. The molecule has 0 spiro atoms. The van der Waals surface area contributed by atoms with Crippen LogP contribution in [-0.2, 0) is 0 Å². The van der Waals surface area contributed by atoms with Crippen LogP contribution in [0.5, 0.6) is 0 Å². The second-order valence-corrected chi connectivity index (χ2v) is 13.6. The van der Waals surface area contributed by atoms with Crippen LogP contribution in [0.4, 0.5) is 0 Å². The zero-order chi connectivity index (χ0) is 29.0. The Morgan fingerprint density at radius 2 is 0.375 bits per heavy atom. The van der Waals surface area contributed by atoms with Crippen LogP contribution in [-0.4, -0.2) is 25.0 Å². The van der Waals surface area contributed by atoms with Gasteiger partial charge in [-0.3, -0.25) is 0 Å². The summed E-state index contributed by atoms with van der Waals surface area (Å²) < 4.78 is 0. The minimum Gasteiger partial charge on any atom is -0.306 e. The Kier molecular flexibility index (Phi) is 36.9. The van der Waals surface area contributed by atoms with E-state index in [2.05, 4.69) is 25.8 Å². The first-order valence-electron chi connectivity index (χ1n) is 19.5. The Labute approximate surface area is 256 Å². The molecule has 0 N–H and O–H groups in total. The molecule has 0 unspecified atom stereocenters. The Morgan fingerprint density at radius 1 is 0.225 bits per heavy atom. The monoisotopic (exact) mass is 564 g/mol. The zero-order valence-electron chi connectivity index (χ0n) is 28.9. The van der Waals surface area contributed by atoms with Gasteiger partial charge in [0.1, 0.15) is 0 Å². The first kappa shape index (κ1) is 40.0. The minimum absolute atomic E-state index is 1.32. The molecule has 0 heterocycles. The van der Waals surface area contributed by atoms with E-state index in [0.717, 1.165) is 0 Å². The summed E-state index contributed by atoms with van der Waals surface area (Å²) in [6.07, 6.45) is 49.8. The molecule has 0 atom stereocenters. The van der Waals surface area contributed by atoms with Crippen LogP contribution in [0, 0.1) is 0 Å². The highest BCUT2D eigenvalue weighted by atomic mass is 15.1. The smallest absolute Gasteiger partial charge is 0.00218 e. The summed E-state index contributed by atoms with van der Waals surface area (Å²) in [5, 5.41) is 0. The van der Waals surface area contributed by atoms with E-state index in [9.17, 15) is 0 Å². The zero-order valence-corrected chi connectivity index (χ0v) is 28.9. The van der Waals surface area contributed by atoms with E-state index in [1.165, 1.54) is 231 Å². The Hall–Kier alpha value is -0.0400. The molecule has 0 fully saturated rings. The molecule has 0 amide bonds. The SMILES string of the molecule is CCCCCCCCCCCCCCCCCCCN(C)CCCCCCCCCCCCCCCCCCC. The van der Waals surface area contributed by atoms with Crippen molar-refractivity contribution in [3.63, 3.8) is 0 Å². The molecule has 1 heteroatoms. The maximum atomic E-state index is 2.59. The average molecular weight is 564 g/mol. The number of unbranched alkanes of at least 4 members (excludes halogenated alkanes) is 32. The van der Waals surface area contributed by atoms with E-state index in [0.29, 0.717) is 0 Å². The lowest BCUT2D eigenvalue weighted by molar-refractivity contribution is 0.314. The highest BCUT2D eigenvalue weighted by Crippen LogP contribution is 2.16. The fraction of sp³-hybridized carbons (Fsp3) is 1.00. The lowest BCUT2D eigenvalue weighted by Crippen LogP contribution is -2.20. The fourth-order valence-corrected chi connectivity index (χ4v) is 6.32. The van der Waals surface area contributed by atoms with Gasteiger partial charge in [-0.05, 0) is 33.0 Å². The van der Waals surface area contributed by atoms with Crippen LogP contribution in [0.1, 0.15) is 232 Å². The highest BCUT2D eigenvalue weighted by Gasteiger charge is 2.00. The van der Waals surface area contributed by atoms with Crippen LogP contribution in [0.2, 0.25) is 0 Å². The first-order chi connectivity index (χ1) is 19.8. The predicted octanol–water partition coefficient (Wildman–Crippen LogP) is 14.2. The summed E-state index contributed by atoms with van der Waals surface area (Å²) >= 11 is 0. The second-order valence-electron chi connectivity index (χ2n) is 13.6. The normalized spacial score (nSPS) is 11.7. The third-order valence-corrected chi connectivity index (χ3v) is 9.29. The third-order valence-electron chi connectivity index (χ3n) is 9.29. The maximum Gasteiger partial charge on any atom is -0.00218 e. The molecular weight excluding hydrogens is 482 g/mol. The van der Waals surface area contributed by atoms with Crippen LogP contribution in [0.3, 0.4) is 0 Å². The predicted molar refractivity (Wildman–Crippen MR) is 186 cm³/mol. The van der Waals surface area contributed by atoms with Crippen LogP contribution < -0.4 is 0 Å². The summed E-state index contributed by atoms with van der Waals surface area (Å²) in [4.78, 5) is 2.59. The van der Waals surface area contributed by atoms with Crippen molar-refractivity contribution in [3.05, 3.63) is 0 Å². The summed E-state index contributed by atoms with van der Waals surface area (Å²) in [5.41, 5.74) is 0. The summed E-state index contributed by atoms with van der Waals surface area (Å²) in [6.45, 7) is 7.25. The van der Waals surface area contributed by atoms with Crippen LogP contribution >= 0.6 is 0 Å². The van der Waals surface area contributed by atoms with E-state index < -0.39 is 0 Å². The molecule has 242 valence electrons. The maximum absolute atomic E-state index is 2.59. The molecule has 0 radical (unpaired) electrons. The Morgan fingerprint density at radius 3 is 0.550 bits per heavy atom. The number of rotatable bonds is 36. The van der Waals surface area contributed by atoms with Crippen molar-refractivity contribution in [2.75, 3.05) is 20.1 Å². The van der Waals surface area contributed by atoms with Gasteiger partial charge in [0.15, 0.2) is 0 Å². The molecule has 0 aliphatic carbocycles. The standard InChI is InChI=1S/C39H81N/c1-4-6-8-10-12-14-16-18-20-22-24-26-28-30-32-34-36-38-40(3)39-37-35-33-31-29-27-25-23-21-19-17-15-13-11-9-7-5-2/h4-39H2,1-3H3. The lowest BCUT2D eigenvalue weighted by atomic mass is 10.0. The summed E-state index contributed by atoms with van der Waals surface area (Å²) in [7, 11) is 2.35. The molecule has 0 bridgehead atoms. The van der Waals surface area contributed by atoms with Gasteiger partial charge in [0.2, 0.25) is 0 Å². The van der Waals surface area contributed by atoms with E-state index in [4.69, 9.17) is 0 Å². The summed E-state index contributed by atoms with van der Waals surface area (Å²) in [6, 6.07) is 0. The molecule has 0 aliphatic heterocycles. The van der Waals surface area contributed by atoms with Gasteiger partial charge >= 0.3 is 0 Å². The molecule has 0 aromatic carbocycles. The van der Waals surface area contributed by atoms with Gasteiger partial charge < -0.3 is 4.90 Å². The van der Waals surface area contributed by atoms with Crippen LogP contribution in [0.25, 0.3) is 0 Å². The largest absolute Gasteiger partial charge is 0.306 e. The van der Waals surface area contributed by atoms with Crippen molar-refractivity contribution < 1.29 is 0 Å². The third kappa shape index (κ3) is 36.0. The van der Waals surface area contributed by atoms with Crippen molar-refractivity contribution in [1.29, 1.82) is 0 Å². The van der Waals surface area contributed by atoms with E-state index in [1.54, 1.807) is 0 Å². The van der Waals surface area contributed by atoms with Gasteiger partial charge in [-0.2, -0.15) is 0 Å². The van der Waals surface area contributed by atoms with Crippen molar-refractivity contribution in [3.8, 4) is 0 Å².